The summed E-state index contributed by atoms with van der Waals surface area (Å²) < 4.78 is 27.7. The Morgan fingerprint density at radius 2 is 2.04 bits per heavy atom. The molecule has 3 heterocycles. The Balaban J connectivity index is 1.66. The lowest BCUT2D eigenvalue weighted by Crippen LogP contribution is -2.34. The fraction of sp³-hybridized carbons (Fsp3) is 0.462. The van der Waals surface area contributed by atoms with E-state index in [1.54, 1.807) is 22.6 Å². The smallest absolute Gasteiger partial charge is 0.252 e. The lowest BCUT2D eigenvalue weighted by molar-refractivity contribution is 0.281. The summed E-state index contributed by atoms with van der Waals surface area (Å²) in [7, 11) is -3.45. The van der Waals surface area contributed by atoms with Crippen LogP contribution in [0.4, 0.5) is 5.13 Å². The third-order valence-corrected chi connectivity index (χ3v) is 8.05. The number of nitrogens with two attached hydrogens (primary N) is 1. The number of anilines is 1. The minimum Gasteiger partial charge on any atom is -0.375 e. The van der Waals surface area contributed by atoms with Gasteiger partial charge >= 0.3 is 0 Å². The first kappa shape index (κ1) is 17.1. The van der Waals surface area contributed by atoms with Gasteiger partial charge in [-0.2, -0.15) is 4.31 Å². The predicted octanol–water partition coefficient (Wildman–Crippen LogP) is 2.34. The summed E-state index contributed by atoms with van der Waals surface area (Å²) in [5.41, 5.74) is 5.65. The van der Waals surface area contributed by atoms with E-state index in [0.29, 0.717) is 33.3 Å². The van der Waals surface area contributed by atoms with Crippen molar-refractivity contribution in [1.29, 1.82) is 0 Å². The third-order valence-electron chi connectivity index (χ3n) is 3.64. The van der Waals surface area contributed by atoms with Crippen molar-refractivity contribution in [1.82, 2.24) is 14.2 Å². The van der Waals surface area contributed by atoms with Crippen LogP contribution < -0.4 is 5.73 Å². The number of hydrogen-bond acceptors (Lipinski definition) is 7. The molecule has 2 N–H and O–H groups in total. The van der Waals surface area contributed by atoms with E-state index in [1.165, 1.54) is 11.3 Å². The van der Waals surface area contributed by atoms with Gasteiger partial charge in [0.1, 0.15) is 4.21 Å². The third kappa shape index (κ3) is 4.04. The maximum absolute atomic E-state index is 12.7. The highest BCUT2D eigenvalue weighted by atomic mass is 35.5. The van der Waals surface area contributed by atoms with Gasteiger partial charge < -0.3 is 5.73 Å². The lowest BCUT2D eigenvalue weighted by Gasteiger charge is -2.20. The summed E-state index contributed by atoms with van der Waals surface area (Å²) in [6, 6.07) is 3.20. The van der Waals surface area contributed by atoms with Crippen LogP contribution in [-0.4, -0.2) is 48.8 Å². The van der Waals surface area contributed by atoms with Crippen LogP contribution in [0.3, 0.4) is 0 Å². The summed E-state index contributed by atoms with van der Waals surface area (Å²) in [5.74, 6) is 0. The molecule has 0 aliphatic carbocycles. The molecule has 3 rings (SSSR count). The minimum absolute atomic E-state index is 0.311. The van der Waals surface area contributed by atoms with E-state index in [0.717, 1.165) is 35.7 Å². The van der Waals surface area contributed by atoms with Crippen molar-refractivity contribution in [3.63, 3.8) is 0 Å². The van der Waals surface area contributed by atoms with E-state index in [1.807, 2.05) is 0 Å². The van der Waals surface area contributed by atoms with Gasteiger partial charge in [-0.3, -0.25) is 4.90 Å². The predicted molar refractivity (Wildman–Crippen MR) is 94.5 cm³/mol. The fourth-order valence-electron chi connectivity index (χ4n) is 2.53. The Kier molecular flexibility index (Phi) is 5.24. The van der Waals surface area contributed by atoms with Crippen LogP contribution in [0.15, 0.2) is 22.5 Å². The number of halogens is 1. The molecule has 1 saturated heterocycles. The van der Waals surface area contributed by atoms with Gasteiger partial charge in [0, 0.05) is 37.3 Å². The maximum atomic E-state index is 12.7. The molecule has 23 heavy (non-hydrogen) atoms. The number of thiophene rings is 1. The van der Waals surface area contributed by atoms with Gasteiger partial charge in [0.15, 0.2) is 5.13 Å². The second-order valence-electron chi connectivity index (χ2n) is 5.26. The van der Waals surface area contributed by atoms with Crippen LogP contribution in [-0.2, 0) is 16.6 Å². The van der Waals surface area contributed by atoms with E-state index < -0.39 is 10.0 Å². The molecule has 2 aromatic rings. The first-order chi connectivity index (χ1) is 10.9. The average molecular weight is 393 g/mol. The number of aromatic nitrogens is 1. The molecule has 126 valence electrons. The Labute approximate surface area is 148 Å². The largest absolute Gasteiger partial charge is 0.375 e. The number of rotatable bonds is 4. The fourth-order valence-corrected chi connectivity index (χ4v) is 6.36. The van der Waals surface area contributed by atoms with Gasteiger partial charge in [-0.15, -0.1) is 22.7 Å². The van der Waals surface area contributed by atoms with Crippen LogP contribution in [0, 0.1) is 0 Å². The normalized spacial score (nSPS) is 18.1. The molecule has 1 aliphatic rings. The molecular formula is C13H17ClN4O2S3. The zero-order valence-electron chi connectivity index (χ0n) is 12.3. The van der Waals surface area contributed by atoms with E-state index in [4.69, 9.17) is 17.3 Å². The molecule has 0 atom stereocenters. The van der Waals surface area contributed by atoms with Crippen molar-refractivity contribution >= 4 is 49.4 Å². The number of sulfonamides is 1. The first-order valence-electron chi connectivity index (χ1n) is 7.13. The van der Waals surface area contributed by atoms with Crippen LogP contribution in [0.1, 0.15) is 11.3 Å². The molecular weight excluding hydrogens is 376 g/mol. The molecule has 0 unspecified atom stereocenters. The molecule has 6 nitrogen and oxygen atoms in total. The Morgan fingerprint density at radius 1 is 1.22 bits per heavy atom. The van der Waals surface area contributed by atoms with Crippen molar-refractivity contribution < 1.29 is 8.42 Å². The van der Waals surface area contributed by atoms with Gasteiger partial charge in [-0.1, -0.05) is 11.6 Å². The van der Waals surface area contributed by atoms with Crippen molar-refractivity contribution in [2.24, 2.45) is 0 Å². The number of nitrogens with zero attached hydrogens (tertiary/aromatic N) is 3. The van der Waals surface area contributed by atoms with Crippen LogP contribution in [0.25, 0.3) is 0 Å². The zero-order chi connectivity index (χ0) is 16.4. The maximum Gasteiger partial charge on any atom is 0.252 e. The molecule has 0 saturated carbocycles. The quantitative estimate of drug-likeness (QED) is 0.863. The number of thiazole rings is 1. The van der Waals surface area contributed by atoms with Crippen molar-refractivity contribution in [2.45, 2.75) is 17.2 Å². The molecule has 0 aromatic carbocycles. The van der Waals surface area contributed by atoms with E-state index in [2.05, 4.69) is 9.88 Å². The average Bonchev–Trinajstić information content (AvgIpc) is 3.03. The summed E-state index contributed by atoms with van der Waals surface area (Å²) in [6.45, 7) is 3.31. The highest BCUT2D eigenvalue weighted by Crippen LogP contribution is 2.28. The summed E-state index contributed by atoms with van der Waals surface area (Å²) in [4.78, 5) is 7.39. The van der Waals surface area contributed by atoms with Gasteiger partial charge in [0.2, 0.25) is 0 Å². The lowest BCUT2D eigenvalue weighted by atomic mass is 10.4. The molecule has 0 amide bonds. The minimum atomic E-state index is -3.45. The van der Waals surface area contributed by atoms with Gasteiger partial charge in [0.05, 0.1) is 4.34 Å². The molecule has 0 bridgehead atoms. The molecule has 1 aliphatic heterocycles. The SMILES string of the molecule is Nc1ncc(CN2CCCN(S(=O)(=O)c3ccc(Cl)s3)CC2)s1. The van der Waals surface area contributed by atoms with Crippen LogP contribution in [0.2, 0.25) is 4.34 Å². The summed E-state index contributed by atoms with van der Waals surface area (Å²) in [6.07, 6.45) is 2.58. The Morgan fingerprint density at radius 3 is 2.70 bits per heavy atom. The molecule has 1 fully saturated rings. The first-order valence-corrected chi connectivity index (χ1v) is 10.6. The Bertz CT molecular complexity index is 774. The molecule has 2 aromatic heterocycles. The van der Waals surface area contributed by atoms with E-state index >= 15 is 0 Å². The highest BCUT2D eigenvalue weighted by molar-refractivity contribution is 7.91. The van der Waals surface area contributed by atoms with E-state index in [9.17, 15) is 8.42 Å². The Hall–Kier alpha value is -0.710. The molecule has 10 heteroatoms. The topological polar surface area (TPSA) is 79.5 Å². The highest BCUT2D eigenvalue weighted by Gasteiger charge is 2.28. The van der Waals surface area contributed by atoms with Crippen molar-refractivity contribution in [3.8, 4) is 0 Å². The number of nitrogen functional groups attached to an aromatic ring is 1. The second-order valence-corrected chi connectivity index (χ2v) is 10.3. The van der Waals surface area contributed by atoms with Crippen LogP contribution in [0.5, 0.6) is 0 Å². The van der Waals surface area contributed by atoms with Gasteiger partial charge in [-0.05, 0) is 25.1 Å². The second kappa shape index (κ2) is 7.04. The van der Waals surface area contributed by atoms with Gasteiger partial charge in [-0.25, -0.2) is 13.4 Å². The van der Waals surface area contributed by atoms with Crippen LogP contribution >= 0.6 is 34.3 Å². The van der Waals surface area contributed by atoms with Crippen molar-refractivity contribution in [2.75, 3.05) is 31.9 Å². The monoisotopic (exact) mass is 392 g/mol. The molecule has 0 spiro atoms. The van der Waals surface area contributed by atoms with E-state index in [-0.39, 0.29) is 0 Å². The summed E-state index contributed by atoms with van der Waals surface area (Å²) in [5, 5.41) is 0.564. The van der Waals surface area contributed by atoms with Gasteiger partial charge in [0.25, 0.3) is 10.0 Å². The standard InChI is InChI=1S/C13H17ClN4O2S3/c14-11-2-3-12(22-11)23(19,20)18-5-1-4-17(6-7-18)9-10-8-16-13(15)21-10/h2-3,8H,1,4-7,9H2,(H2,15,16). The summed E-state index contributed by atoms with van der Waals surface area (Å²) >= 11 is 8.44. The number of hydrogen-bond donors (Lipinski definition) is 1. The van der Waals surface area contributed by atoms with Crippen molar-refractivity contribution in [3.05, 3.63) is 27.5 Å². The zero-order valence-corrected chi connectivity index (χ0v) is 15.5. The molecule has 0 radical (unpaired) electrons.